The number of fused-ring (bicyclic) bond motifs is 3. The van der Waals surface area contributed by atoms with Crippen molar-refractivity contribution in [1.29, 1.82) is 0 Å². The molecule has 29 heavy (non-hydrogen) atoms. The number of aromatic amines is 1. The van der Waals surface area contributed by atoms with Crippen molar-refractivity contribution in [3.8, 4) is 0 Å². The topological polar surface area (TPSA) is 79.0 Å². The van der Waals surface area contributed by atoms with Gasteiger partial charge in [0, 0.05) is 23.9 Å². The average Bonchev–Trinajstić information content (AvgIpc) is 3.04. The molecule has 152 valence electrons. The number of H-pyrrole nitrogens is 1. The zero-order valence-electron chi connectivity index (χ0n) is 16.8. The number of carbonyl (C=O) groups excluding carboxylic acids is 1. The van der Waals surface area contributed by atoms with Crippen LogP contribution in [-0.4, -0.2) is 25.6 Å². The minimum Gasteiger partial charge on any atom is -0.358 e. The summed E-state index contributed by atoms with van der Waals surface area (Å²) in [7, 11) is -3.05. The normalized spacial score (nSPS) is 16.6. The molecule has 1 atom stereocenters. The number of benzene rings is 2. The number of hydrogen-bond acceptors (Lipinski definition) is 3. The summed E-state index contributed by atoms with van der Waals surface area (Å²) in [5.74, 6) is 0.588. The highest BCUT2D eigenvalue weighted by atomic mass is 32.2. The fourth-order valence-electron chi connectivity index (χ4n) is 4.14. The molecule has 0 radical (unpaired) electrons. The number of para-hydroxylation sites is 1. The van der Waals surface area contributed by atoms with Crippen LogP contribution < -0.4 is 5.32 Å². The molecule has 0 saturated carbocycles. The fraction of sp³-hybridized carbons (Fsp3) is 0.348. The third-order valence-corrected chi connectivity index (χ3v) is 6.48. The van der Waals surface area contributed by atoms with E-state index in [9.17, 15) is 13.2 Å². The largest absolute Gasteiger partial charge is 0.358 e. The van der Waals surface area contributed by atoms with Gasteiger partial charge in [0.1, 0.15) is 0 Å². The summed E-state index contributed by atoms with van der Waals surface area (Å²) in [5, 5.41) is 4.14. The van der Waals surface area contributed by atoms with Crippen molar-refractivity contribution in [2.24, 2.45) is 5.92 Å². The average molecular weight is 411 g/mol. The number of amides is 1. The van der Waals surface area contributed by atoms with Gasteiger partial charge in [0.05, 0.1) is 16.8 Å². The SMILES string of the molecule is C[C@@H]1CCc2[nH]c3c(C(=O)NCc4ccc(CS(C)(=O)=O)cc4)cccc3c2C1. The van der Waals surface area contributed by atoms with E-state index in [1.165, 1.54) is 23.9 Å². The molecule has 5 nitrogen and oxygen atoms in total. The molecule has 0 spiro atoms. The zero-order chi connectivity index (χ0) is 20.6. The monoisotopic (exact) mass is 410 g/mol. The van der Waals surface area contributed by atoms with E-state index in [2.05, 4.69) is 23.3 Å². The molecule has 0 saturated heterocycles. The first kappa shape index (κ1) is 19.7. The number of nitrogens with one attached hydrogen (secondary N) is 2. The van der Waals surface area contributed by atoms with Crippen molar-refractivity contribution in [3.63, 3.8) is 0 Å². The Morgan fingerprint density at radius 2 is 1.86 bits per heavy atom. The van der Waals surface area contributed by atoms with Gasteiger partial charge in [-0.2, -0.15) is 0 Å². The van der Waals surface area contributed by atoms with Gasteiger partial charge >= 0.3 is 0 Å². The second kappa shape index (κ2) is 7.67. The van der Waals surface area contributed by atoms with E-state index < -0.39 is 9.84 Å². The highest BCUT2D eigenvalue weighted by Gasteiger charge is 2.22. The second-order valence-electron chi connectivity index (χ2n) is 8.23. The Hall–Kier alpha value is -2.60. The number of hydrogen-bond donors (Lipinski definition) is 2. The molecular weight excluding hydrogens is 384 g/mol. The van der Waals surface area contributed by atoms with Crippen molar-refractivity contribution >= 4 is 26.6 Å². The number of aromatic nitrogens is 1. The van der Waals surface area contributed by atoms with Crippen molar-refractivity contribution < 1.29 is 13.2 Å². The van der Waals surface area contributed by atoms with Gasteiger partial charge in [0.2, 0.25) is 0 Å². The lowest BCUT2D eigenvalue weighted by Crippen LogP contribution is -2.23. The third kappa shape index (κ3) is 4.37. The maximum atomic E-state index is 12.9. The van der Waals surface area contributed by atoms with Gasteiger partial charge in [-0.05, 0) is 47.9 Å². The van der Waals surface area contributed by atoms with Crippen molar-refractivity contribution in [2.75, 3.05) is 6.26 Å². The van der Waals surface area contributed by atoms with Crippen molar-refractivity contribution in [3.05, 3.63) is 70.4 Å². The lowest BCUT2D eigenvalue weighted by atomic mass is 9.87. The van der Waals surface area contributed by atoms with Gasteiger partial charge in [0.15, 0.2) is 9.84 Å². The van der Waals surface area contributed by atoms with Gasteiger partial charge in [-0.25, -0.2) is 8.42 Å². The molecule has 1 heterocycles. The first-order chi connectivity index (χ1) is 13.8. The summed E-state index contributed by atoms with van der Waals surface area (Å²) in [4.78, 5) is 16.3. The van der Waals surface area contributed by atoms with Crippen LogP contribution in [0.25, 0.3) is 10.9 Å². The molecule has 4 rings (SSSR count). The molecule has 1 aromatic heterocycles. The molecule has 0 bridgehead atoms. The van der Waals surface area contributed by atoms with Crippen molar-refractivity contribution in [1.82, 2.24) is 10.3 Å². The number of sulfone groups is 1. The number of carbonyl (C=O) groups is 1. The van der Waals surface area contributed by atoms with E-state index in [1.54, 1.807) is 12.1 Å². The maximum absolute atomic E-state index is 12.9. The lowest BCUT2D eigenvalue weighted by Gasteiger charge is -2.17. The molecule has 2 N–H and O–H groups in total. The smallest absolute Gasteiger partial charge is 0.253 e. The Morgan fingerprint density at radius 1 is 1.14 bits per heavy atom. The summed E-state index contributed by atoms with van der Waals surface area (Å²) in [6.07, 6.45) is 4.49. The summed E-state index contributed by atoms with van der Waals surface area (Å²) in [6.45, 7) is 2.67. The fourth-order valence-corrected chi connectivity index (χ4v) is 4.94. The Labute approximate surface area is 171 Å². The highest BCUT2D eigenvalue weighted by molar-refractivity contribution is 7.89. The van der Waals surface area contributed by atoms with Crippen LogP contribution in [0.2, 0.25) is 0 Å². The molecule has 1 aliphatic rings. The van der Waals surface area contributed by atoms with Crippen LogP contribution in [0.5, 0.6) is 0 Å². The first-order valence-corrected chi connectivity index (χ1v) is 12.0. The summed E-state index contributed by atoms with van der Waals surface area (Å²) < 4.78 is 22.8. The molecule has 0 fully saturated rings. The number of rotatable bonds is 5. The summed E-state index contributed by atoms with van der Waals surface area (Å²) in [5.41, 5.74) is 5.89. The summed E-state index contributed by atoms with van der Waals surface area (Å²) in [6, 6.07) is 13.2. The van der Waals surface area contributed by atoms with Gasteiger partial charge in [-0.15, -0.1) is 0 Å². The molecule has 0 unspecified atom stereocenters. The number of aryl methyl sites for hydroxylation is 1. The highest BCUT2D eigenvalue weighted by Crippen LogP contribution is 2.32. The Bertz CT molecular complexity index is 1160. The Kier molecular flexibility index (Phi) is 5.21. The van der Waals surface area contributed by atoms with Crippen LogP contribution in [0.1, 0.15) is 46.1 Å². The van der Waals surface area contributed by atoms with E-state index in [-0.39, 0.29) is 11.7 Å². The molecule has 3 aromatic rings. The Morgan fingerprint density at radius 3 is 2.59 bits per heavy atom. The molecule has 6 heteroatoms. The van der Waals surface area contributed by atoms with Crippen LogP contribution >= 0.6 is 0 Å². The van der Waals surface area contributed by atoms with Crippen LogP contribution in [-0.2, 0) is 35.0 Å². The minimum atomic E-state index is -3.05. The molecule has 1 amide bonds. The predicted molar refractivity (Wildman–Crippen MR) is 116 cm³/mol. The van der Waals surface area contributed by atoms with E-state index >= 15 is 0 Å². The molecule has 1 aliphatic carbocycles. The lowest BCUT2D eigenvalue weighted by molar-refractivity contribution is 0.0952. The second-order valence-corrected chi connectivity index (χ2v) is 10.4. The standard InChI is InChI=1S/C23H26N2O3S/c1-15-6-11-21-20(12-15)18-4-3-5-19(22(18)25-21)23(26)24-13-16-7-9-17(10-8-16)14-29(2,27)28/h3-5,7-10,15,25H,6,11-14H2,1-2H3,(H,24,26)/t15-/m1/s1. The van der Waals surface area contributed by atoms with Crippen LogP contribution in [0.15, 0.2) is 42.5 Å². The molecule has 0 aliphatic heterocycles. The quantitative estimate of drug-likeness (QED) is 0.672. The first-order valence-electron chi connectivity index (χ1n) is 9.96. The van der Waals surface area contributed by atoms with Gasteiger partial charge in [-0.1, -0.05) is 43.3 Å². The van der Waals surface area contributed by atoms with E-state index in [1.807, 2.05) is 24.3 Å². The molecule has 2 aromatic carbocycles. The van der Waals surface area contributed by atoms with E-state index in [0.29, 0.717) is 18.0 Å². The third-order valence-electron chi connectivity index (χ3n) is 5.62. The van der Waals surface area contributed by atoms with Crippen LogP contribution in [0, 0.1) is 5.92 Å². The minimum absolute atomic E-state index is 0.0255. The van der Waals surface area contributed by atoms with Crippen LogP contribution in [0.4, 0.5) is 0 Å². The van der Waals surface area contributed by atoms with Crippen molar-refractivity contribution in [2.45, 2.75) is 38.5 Å². The van der Waals surface area contributed by atoms with Gasteiger partial charge < -0.3 is 10.3 Å². The summed E-state index contributed by atoms with van der Waals surface area (Å²) >= 11 is 0. The van der Waals surface area contributed by atoms with E-state index in [0.717, 1.165) is 34.9 Å². The van der Waals surface area contributed by atoms with E-state index in [4.69, 9.17) is 0 Å². The zero-order valence-corrected chi connectivity index (χ0v) is 17.6. The molecular formula is C23H26N2O3S. The van der Waals surface area contributed by atoms with Gasteiger partial charge in [0.25, 0.3) is 5.91 Å². The predicted octanol–water partition coefficient (Wildman–Crippen LogP) is 3.77. The Balaban J connectivity index is 1.50. The van der Waals surface area contributed by atoms with Crippen LogP contribution in [0.3, 0.4) is 0 Å². The maximum Gasteiger partial charge on any atom is 0.253 e. The van der Waals surface area contributed by atoms with Gasteiger partial charge in [-0.3, -0.25) is 4.79 Å².